The lowest BCUT2D eigenvalue weighted by molar-refractivity contribution is 0.0785. The van der Waals surface area contributed by atoms with Gasteiger partial charge in [0.05, 0.1) is 5.56 Å². The van der Waals surface area contributed by atoms with Crippen LogP contribution in [0.15, 0.2) is 45.5 Å². The molecule has 0 unspecified atom stereocenters. The second-order valence-electron chi connectivity index (χ2n) is 4.38. The summed E-state index contributed by atoms with van der Waals surface area (Å²) in [6, 6.07) is 9.51. The summed E-state index contributed by atoms with van der Waals surface area (Å²) in [6.07, 6.45) is 1.57. The Morgan fingerprint density at radius 1 is 1.30 bits per heavy atom. The van der Waals surface area contributed by atoms with Gasteiger partial charge in [-0.2, -0.15) is 0 Å². The maximum Gasteiger partial charge on any atom is 0.257 e. The highest BCUT2D eigenvalue weighted by atomic mass is 79.9. The first-order valence-corrected chi connectivity index (χ1v) is 7.47. The van der Waals surface area contributed by atoms with Gasteiger partial charge in [0, 0.05) is 28.7 Å². The minimum atomic E-state index is -0.156. The maximum atomic E-state index is 12.4. The van der Waals surface area contributed by atoms with Gasteiger partial charge in [-0.3, -0.25) is 4.79 Å². The second kappa shape index (κ2) is 6.37. The molecule has 0 spiro atoms. The minimum Gasteiger partial charge on any atom is -0.383 e. The molecule has 2 rings (SSSR count). The molecule has 4 nitrogen and oxygen atoms in total. The summed E-state index contributed by atoms with van der Waals surface area (Å²) in [5.41, 5.74) is 7.20. The van der Waals surface area contributed by atoms with E-state index in [1.807, 2.05) is 24.3 Å². The number of rotatable bonds is 3. The largest absolute Gasteiger partial charge is 0.383 e. The Balaban J connectivity index is 2.18. The molecule has 0 saturated heterocycles. The second-order valence-corrected chi connectivity index (χ2v) is 6.21. The Morgan fingerprint density at radius 2 is 2.05 bits per heavy atom. The van der Waals surface area contributed by atoms with Crippen LogP contribution in [0.3, 0.4) is 0 Å². The number of amides is 1. The zero-order chi connectivity index (χ0) is 14.7. The van der Waals surface area contributed by atoms with Crippen molar-refractivity contribution in [1.29, 1.82) is 0 Å². The van der Waals surface area contributed by atoms with Crippen molar-refractivity contribution in [2.45, 2.75) is 6.54 Å². The van der Waals surface area contributed by atoms with Gasteiger partial charge in [0.15, 0.2) is 0 Å². The standard InChI is InChI=1S/C14H13Br2N3O/c1-19(8-9-3-2-4-10(15)5-9)14(20)12-6-11(16)7-18-13(12)17/h2-7H,8H2,1H3,(H2,17,18). The highest BCUT2D eigenvalue weighted by molar-refractivity contribution is 9.10. The smallest absolute Gasteiger partial charge is 0.257 e. The van der Waals surface area contributed by atoms with Crippen molar-refractivity contribution in [3.63, 3.8) is 0 Å². The Morgan fingerprint density at radius 3 is 2.75 bits per heavy atom. The Labute approximate surface area is 134 Å². The predicted octanol–water partition coefficient (Wildman–Crippen LogP) is 3.46. The summed E-state index contributed by atoms with van der Waals surface area (Å²) in [5, 5.41) is 0. The van der Waals surface area contributed by atoms with Gasteiger partial charge in [-0.25, -0.2) is 4.98 Å². The first-order valence-electron chi connectivity index (χ1n) is 5.88. The van der Waals surface area contributed by atoms with Crippen LogP contribution in [0.5, 0.6) is 0 Å². The van der Waals surface area contributed by atoms with E-state index in [1.54, 1.807) is 24.2 Å². The van der Waals surface area contributed by atoms with Crippen molar-refractivity contribution in [2.75, 3.05) is 12.8 Å². The summed E-state index contributed by atoms with van der Waals surface area (Å²) in [7, 11) is 1.74. The van der Waals surface area contributed by atoms with Crippen LogP contribution in [0.4, 0.5) is 5.82 Å². The lowest BCUT2D eigenvalue weighted by atomic mass is 10.2. The number of pyridine rings is 1. The van der Waals surface area contributed by atoms with Gasteiger partial charge in [0.25, 0.3) is 5.91 Å². The van der Waals surface area contributed by atoms with E-state index in [2.05, 4.69) is 36.8 Å². The van der Waals surface area contributed by atoms with Crippen LogP contribution in [-0.4, -0.2) is 22.8 Å². The maximum absolute atomic E-state index is 12.4. The predicted molar refractivity (Wildman–Crippen MR) is 86.3 cm³/mol. The molecule has 0 fully saturated rings. The number of carbonyl (C=O) groups is 1. The molecule has 1 amide bonds. The first kappa shape index (κ1) is 15.0. The zero-order valence-corrected chi connectivity index (χ0v) is 14.0. The van der Waals surface area contributed by atoms with E-state index in [4.69, 9.17) is 5.73 Å². The minimum absolute atomic E-state index is 0.156. The number of halogens is 2. The van der Waals surface area contributed by atoms with Crippen LogP contribution in [0.2, 0.25) is 0 Å². The molecule has 0 bridgehead atoms. The van der Waals surface area contributed by atoms with E-state index < -0.39 is 0 Å². The van der Waals surface area contributed by atoms with Gasteiger partial charge >= 0.3 is 0 Å². The first-order chi connectivity index (χ1) is 9.47. The summed E-state index contributed by atoms with van der Waals surface area (Å²) < 4.78 is 1.71. The van der Waals surface area contributed by atoms with Crippen molar-refractivity contribution in [1.82, 2.24) is 9.88 Å². The van der Waals surface area contributed by atoms with E-state index in [-0.39, 0.29) is 11.7 Å². The molecule has 104 valence electrons. The van der Waals surface area contributed by atoms with Gasteiger partial charge in [-0.1, -0.05) is 28.1 Å². The number of nitrogens with two attached hydrogens (primary N) is 1. The molecular weight excluding hydrogens is 386 g/mol. The monoisotopic (exact) mass is 397 g/mol. The zero-order valence-electron chi connectivity index (χ0n) is 10.8. The van der Waals surface area contributed by atoms with E-state index >= 15 is 0 Å². The lowest BCUT2D eigenvalue weighted by Crippen LogP contribution is -2.27. The molecule has 0 aliphatic carbocycles. The number of carbonyl (C=O) groups excluding carboxylic acids is 1. The van der Waals surface area contributed by atoms with Crippen LogP contribution < -0.4 is 5.73 Å². The van der Waals surface area contributed by atoms with E-state index in [0.29, 0.717) is 12.1 Å². The molecule has 2 aromatic rings. The quantitative estimate of drug-likeness (QED) is 0.861. The van der Waals surface area contributed by atoms with Crippen molar-refractivity contribution < 1.29 is 4.79 Å². The average Bonchev–Trinajstić information content (AvgIpc) is 2.40. The fourth-order valence-electron chi connectivity index (χ4n) is 1.81. The third kappa shape index (κ3) is 3.58. The van der Waals surface area contributed by atoms with Crippen LogP contribution in [0.25, 0.3) is 0 Å². The summed E-state index contributed by atoms with van der Waals surface area (Å²) in [4.78, 5) is 18.0. The highest BCUT2D eigenvalue weighted by Crippen LogP contribution is 2.19. The van der Waals surface area contributed by atoms with Crippen LogP contribution in [0, 0.1) is 0 Å². The number of benzene rings is 1. The molecule has 0 saturated carbocycles. The van der Waals surface area contributed by atoms with E-state index in [1.165, 1.54) is 0 Å². The fourth-order valence-corrected chi connectivity index (χ4v) is 2.59. The lowest BCUT2D eigenvalue weighted by Gasteiger charge is -2.18. The highest BCUT2D eigenvalue weighted by Gasteiger charge is 2.16. The molecule has 0 atom stereocenters. The molecular formula is C14H13Br2N3O. The van der Waals surface area contributed by atoms with Gasteiger partial charge in [0.1, 0.15) is 5.82 Å². The van der Waals surface area contributed by atoms with Crippen LogP contribution >= 0.6 is 31.9 Å². The van der Waals surface area contributed by atoms with Gasteiger partial charge < -0.3 is 10.6 Å². The van der Waals surface area contributed by atoms with Crippen molar-refractivity contribution in [3.8, 4) is 0 Å². The van der Waals surface area contributed by atoms with E-state index in [0.717, 1.165) is 14.5 Å². The van der Waals surface area contributed by atoms with Gasteiger partial charge in [-0.15, -0.1) is 0 Å². The third-order valence-corrected chi connectivity index (χ3v) is 3.70. The average molecular weight is 399 g/mol. The number of nitrogen functional groups attached to an aromatic ring is 1. The number of nitrogens with zero attached hydrogens (tertiary/aromatic N) is 2. The van der Waals surface area contributed by atoms with Gasteiger partial charge in [-0.05, 0) is 39.7 Å². The summed E-state index contributed by atoms with van der Waals surface area (Å²) in [5.74, 6) is 0.0792. The van der Waals surface area contributed by atoms with Crippen molar-refractivity contribution >= 4 is 43.6 Å². The summed E-state index contributed by atoms with van der Waals surface area (Å²) in [6.45, 7) is 0.504. The van der Waals surface area contributed by atoms with Crippen LogP contribution in [0.1, 0.15) is 15.9 Å². The molecule has 20 heavy (non-hydrogen) atoms. The molecule has 1 heterocycles. The molecule has 1 aromatic heterocycles. The normalized spacial score (nSPS) is 10.3. The molecule has 1 aromatic carbocycles. The van der Waals surface area contributed by atoms with Crippen LogP contribution in [-0.2, 0) is 6.54 Å². The third-order valence-electron chi connectivity index (χ3n) is 2.77. The molecule has 6 heteroatoms. The van der Waals surface area contributed by atoms with Crippen molar-refractivity contribution in [2.24, 2.45) is 0 Å². The number of hydrogen-bond acceptors (Lipinski definition) is 3. The summed E-state index contributed by atoms with van der Waals surface area (Å²) >= 11 is 6.71. The molecule has 0 aliphatic rings. The Hall–Kier alpha value is -1.40. The number of aromatic nitrogens is 1. The number of hydrogen-bond donors (Lipinski definition) is 1. The van der Waals surface area contributed by atoms with Crippen molar-refractivity contribution in [3.05, 3.63) is 56.6 Å². The van der Waals surface area contributed by atoms with E-state index in [9.17, 15) is 4.79 Å². The molecule has 2 N–H and O–H groups in total. The Kier molecular flexibility index (Phi) is 4.77. The molecule has 0 radical (unpaired) electrons. The SMILES string of the molecule is CN(Cc1cccc(Br)c1)C(=O)c1cc(Br)cnc1N. The molecule has 0 aliphatic heterocycles. The fraction of sp³-hybridized carbons (Fsp3) is 0.143. The Bertz CT molecular complexity index is 646. The number of anilines is 1. The topological polar surface area (TPSA) is 59.2 Å². The van der Waals surface area contributed by atoms with Gasteiger partial charge in [0.2, 0.25) is 0 Å².